The summed E-state index contributed by atoms with van der Waals surface area (Å²) >= 11 is 0. The van der Waals surface area contributed by atoms with E-state index in [-0.39, 0.29) is 17.5 Å². The van der Waals surface area contributed by atoms with Crippen LogP contribution in [0.5, 0.6) is 0 Å². The minimum Gasteiger partial charge on any atom is -0.352 e. The van der Waals surface area contributed by atoms with Gasteiger partial charge in [-0.2, -0.15) is 0 Å². The van der Waals surface area contributed by atoms with Gasteiger partial charge in [0, 0.05) is 30.5 Å². The van der Waals surface area contributed by atoms with Gasteiger partial charge in [0.15, 0.2) is 0 Å². The van der Waals surface area contributed by atoms with Crippen molar-refractivity contribution in [3.63, 3.8) is 0 Å². The Morgan fingerprint density at radius 2 is 1.79 bits per heavy atom. The molecule has 0 spiro atoms. The molecule has 5 heteroatoms. The molecule has 4 rings (SSSR count). The summed E-state index contributed by atoms with van der Waals surface area (Å²) in [4.78, 5) is 31.3. The highest BCUT2D eigenvalue weighted by atomic mass is 16.2. The number of carbonyl (C=O) groups excluding carboxylic acids is 2. The van der Waals surface area contributed by atoms with Crippen LogP contribution in [0, 0.1) is 0 Å². The lowest BCUT2D eigenvalue weighted by molar-refractivity contribution is 0.0954. The Bertz CT molecular complexity index is 1000. The number of nitrogens with one attached hydrogen (secondary N) is 1. The molecule has 0 aliphatic carbocycles. The topological polar surface area (TPSA) is 62.3 Å². The first-order valence-corrected chi connectivity index (χ1v) is 9.40. The summed E-state index contributed by atoms with van der Waals surface area (Å²) in [5, 5.41) is 2.91. The fraction of sp³-hybridized carbons (Fsp3) is 0.174. The Labute approximate surface area is 164 Å². The number of nitrogens with zero attached hydrogens (tertiary/aromatic N) is 2. The van der Waals surface area contributed by atoms with E-state index in [9.17, 15) is 9.59 Å². The van der Waals surface area contributed by atoms with Crippen LogP contribution in [0.15, 0.2) is 72.9 Å². The van der Waals surface area contributed by atoms with E-state index in [0.717, 1.165) is 24.1 Å². The Morgan fingerprint density at radius 1 is 1.00 bits per heavy atom. The normalized spacial score (nSPS) is 12.5. The van der Waals surface area contributed by atoms with E-state index in [2.05, 4.69) is 10.3 Å². The number of para-hydroxylation sites is 1. The first-order valence-electron chi connectivity index (χ1n) is 9.40. The fourth-order valence-corrected chi connectivity index (χ4v) is 3.44. The van der Waals surface area contributed by atoms with E-state index in [4.69, 9.17) is 0 Å². The van der Waals surface area contributed by atoms with Crippen LogP contribution in [0.25, 0.3) is 0 Å². The fourth-order valence-electron chi connectivity index (χ4n) is 3.44. The average Bonchev–Trinajstić information content (AvgIpc) is 3.18. The van der Waals surface area contributed by atoms with Gasteiger partial charge in [-0.05, 0) is 42.2 Å². The number of carbonyl (C=O) groups is 2. The molecule has 1 N–H and O–H groups in total. The van der Waals surface area contributed by atoms with E-state index < -0.39 is 0 Å². The standard InChI is InChI=1S/C23H21N3O2/c27-22(25-13-10-17-6-2-1-3-7-17)19-11-14-24-20(16-19)23(28)26-15-12-18-8-4-5-9-21(18)26/h1-9,11,14,16H,10,12-13,15H2,(H,25,27). The molecule has 28 heavy (non-hydrogen) atoms. The molecular weight excluding hydrogens is 350 g/mol. The van der Waals surface area contributed by atoms with Crippen molar-refractivity contribution < 1.29 is 9.59 Å². The van der Waals surface area contributed by atoms with Crippen LogP contribution in [0.1, 0.15) is 32.0 Å². The van der Waals surface area contributed by atoms with Crippen molar-refractivity contribution in [2.75, 3.05) is 18.0 Å². The maximum absolute atomic E-state index is 12.9. The van der Waals surface area contributed by atoms with Gasteiger partial charge in [0.1, 0.15) is 5.69 Å². The third kappa shape index (κ3) is 3.78. The van der Waals surface area contributed by atoms with Crippen molar-refractivity contribution in [2.45, 2.75) is 12.8 Å². The number of fused-ring (bicyclic) bond motifs is 1. The zero-order valence-corrected chi connectivity index (χ0v) is 15.5. The van der Waals surface area contributed by atoms with Gasteiger partial charge in [0.25, 0.3) is 11.8 Å². The van der Waals surface area contributed by atoms with Gasteiger partial charge >= 0.3 is 0 Å². The van der Waals surface area contributed by atoms with Crippen molar-refractivity contribution in [2.24, 2.45) is 0 Å². The number of hydrogen-bond donors (Lipinski definition) is 1. The van der Waals surface area contributed by atoms with Crippen LogP contribution in [0.4, 0.5) is 5.69 Å². The molecule has 0 unspecified atom stereocenters. The third-order valence-electron chi connectivity index (χ3n) is 4.92. The van der Waals surface area contributed by atoms with E-state index in [1.807, 2.05) is 54.6 Å². The predicted octanol–water partition coefficient (Wildman–Crippen LogP) is 3.26. The molecule has 0 radical (unpaired) electrons. The van der Waals surface area contributed by atoms with Crippen LogP contribution in [-0.4, -0.2) is 29.9 Å². The van der Waals surface area contributed by atoms with Crippen molar-refractivity contribution in [3.05, 3.63) is 95.3 Å². The molecule has 5 nitrogen and oxygen atoms in total. The van der Waals surface area contributed by atoms with E-state index >= 15 is 0 Å². The van der Waals surface area contributed by atoms with Gasteiger partial charge in [-0.25, -0.2) is 0 Å². The molecule has 1 aliphatic rings. The molecule has 140 valence electrons. The zero-order valence-electron chi connectivity index (χ0n) is 15.5. The number of amides is 2. The molecule has 2 aromatic carbocycles. The number of anilines is 1. The lowest BCUT2D eigenvalue weighted by Crippen LogP contribution is -2.30. The second-order valence-electron chi connectivity index (χ2n) is 6.76. The predicted molar refractivity (Wildman–Crippen MR) is 109 cm³/mol. The van der Waals surface area contributed by atoms with Crippen LogP contribution in [0.3, 0.4) is 0 Å². The van der Waals surface area contributed by atoms with E-state index in [0.29, 0.717) is 18.7 Å². The highest BCUT2D eigenvalue weighted by Gasteiger charge is 2.26. The molecule has 0 bridgehead atoms. The summed E-state index contributed by atoms with van der Waals surface area (Å²) in [6, 6.07) is 21.1. The maximum atomic E-state index is 12.9. The molecule has 1 aliphatic heterocycles. The number of rotatable bonds is 5. The van der Waals surface area contributed by atoms with Crippen molar-refractivity contribution in [3.8, 4) is 0 Å². The first-order chi connectivity index (χ1) is 13.7. The molecular formula is C23H21N3O2. The smallest absolute Gasteiger partial charge is 0.276 e. The van der Waals surface area contributed by atoms with Crippen LogP contribution in [0.2, 0.25) is 0 Å². The lowest BCUT2D eigenvalue weighted by Gasteiger charge is -2.17. The van der Waals surface area contributed by atoms with Gasteiger partial charge in [-0.15, -0.1) is 0 Å². The Hall–Kier alpha value is -3.47. The average molecular weight is 371 g/mol. The molecule has 0 atom stereocenters. The summed E-state index contributed by atoms with van der Waals surface area (Å²) in [6.07, 6.45) is 3.11. The summed E-state index contributed by atoms with van der Waals surface area (Å²) in [6.45, 7) is 1.17. The number of hydrogen-bond acceptors (Lipinski definition) is 3. The molecule has 0 saturated heterocycles. The monoisotopic (exact) mass is 371 g/mol. The lowest BCUT2D eigenvalue weighted by atomic mass is 10.1. The Kier molecular flexibility index (Phi) is 5.15. The molecule has 0 fully saturated rings. The summed E-state index contributed by atoms with van der Waals surface area (Å²) in [7, 11) is 0. The van der Waals surface area contributed by atoms with Crippen molar-refractivity contribution in [1.82, 2.24) is 10.3 Å². The van der Waals surface area contributed by atoms with E-state index in [1.54, 1.807) is 17.0 Å². The molecule has 2 amide bonds. The summed E-state index contributed by atoms with van der Waals surface area (Å²) in [5.74, 6) is -0.377. The highest BCUT2D eigenvalue weighted by molar-refractivity contribution is 6.07. The van der Waals surface area contributed by atoms with Gasteiger partial charge < -0.3 is 10.2 Å². The summed E-state index contributed by atoms with van der Waals surface area (Å²) < 4.78 is 0. The minimum atomic E-state index is -0.200. The molecule has 0 saturated carbocycles. The molecule has 3 aromatic rings. The second-order valence-corrected chi connectivity index (χ2v) is 6.76. The third-order valence-corrected chi connectivity index (χ3v) is 4.92. The first kappa shape index (κ1) is 17.9. The Balaban J connectivity index is 1.43. The largest absolute Gasteiger partial charge is 0.352 e. The van der Waals surface area contributed by atoms with Gasteiger partial charge in [0.05, 0.1) is 0 Å². The quantitative estimate of drug-likeness (QED) is 0.749. The van der Waals surface area contributed by atoms with Crippen LogP contribution < -0.4 is 10.2 Å². The van der Waals surface area contributed by atoms with Gasteiger partial charge in [0.2, 0.25) is 0 Å². The molecule has 1 aromatic heterocycles. The number of aromatic nitrogens is 1. The van der Waals surface area contributed by atoms with E-state index in [1.165, 1.54) is 11.8 Å². The second kappa shape index (κ2) is 8.05. The van der Waals surface area contributed by atoms with Crippen molar-refractivity contribution >= 4 is 17.5 Å². The van der Waals surface area contributed by atoms with Crippen molar-refractivity contribution in [1.29, 1.82) is 0 Å². The van der Waals surface area contributed by atoms with Gasteiger partial charge in [-0.1, -0.05) is 48.5 Å². The Morgan fingerprint density at radius 3 is 2.64 bits per heavy atom. The van der Waals surface area contributed by atoms with Crippen LogP contribution >= 0.6 is 0 Å². The summed E-state index contributed by atoms with van der Waals surface area (Å²) in [5.41, 5.74) is 3.98. The molecule has 2 heterocycles. The number of benzene rings is 2. The SMILES string of the molecule is O=C(NCCc1ccccc1)c1ccnc(C(=O)N2CCc3ccccc32)c1. The van der Waals surface area contributed by atoms with Crippen LogP contribution in [-0.2, 0) is 12.8 Å². The zero-order chi connectivity index (χ0) is 19.3. The highest BCUT2D eigenvalue weighted by Crippen LogP contribution is 2.28. The van der Waals surface area contributed by atoms with Gasteiger partial charge in [-0.3, -0.25) is 14.6 Å². The number of pyridine rings is 1. The minimum absolute atomic E-state index is 0.177. The maximum Gasteiger partial charge on any atom is 0.276 e.